The van der Waals surface area contributed by atoms with Gasteiger partial charge in [0.05, 0.1) is 18.8 Å². The lowest BCUT2D eigenvalue weighted by Gasteiger charge is -2.10. The molecule has 1 aromatic carbocycles. The van der Waals surface area contributed by atoms with Crippen molar-refractivity contribution in [3.63, 3.8) is 0 Å². The minimum absolute atomic E-state index is 0. The Balaban J connectivity index is 0.000000283. The number of aromatic carboxylic acids is 1. The fourth-order valence-corrected chi connectivity index (χ4v) is 1.10. The molecule has 5 nitrogen and oxygen atoms in total. The van der Waals surface area contributed by atoms with Crippen LogP contribution >= 0.6 is 0 Å². The molecule has 0 spiro atoms. The van der Waals surface area contributed by atoms with Gasteiger partial charge in [0.1, 0.15) is 0 Å². The molecule has 90 valence electrons. The first-order valence-electron chi connectivity index (χ1n) is 4.87. The van der Waals surface area contributed by atoms with Crippen molar-refractivity contribution in [3.8, 4) is 0 Å². The second kappa shape index (κ2) is 8.84. The molecule has 2 rings (SSSR count). The highest BCUT2D eigenvalue weighted by molar-refractivity contribution is 5.87. The molecular weight excluding hydrogens is 208 g/mol. The Bertz CT molecular complexity index is 275. The number of carboxylic acid groups (broad SMARTS) is 1. The maximum Gasteiger partial charge on any atom is 0.335 e. The van der Waals surface area contributed by atoms with Crippen molar-refractivity contribution in [2.45, 2.75) is 0 Å². The van der Waals surface area contributed by atoms with Gasteiger partial charge in [-0.25, -0.2) is 4.79 Å². The van der Waals surface area contributed by atoms with E-state index in [2.05, 4.69) is 5.32 Å². The molecule has 0 atom stereocenters. The van der Waals surface area contributed by atoms with Gasteiger partial charge >= 0.3 is 5.97 Å². The van der Waals surface area contributed by atoms with Gasteiger partial charge in [0, 0.05) is 13.1 Å². The van der Waals surface area contributed by atoms with Gasteiger partial charge in [-0.2, -0.15) is 0 Å². The molecule has 0 bridgehead atoms. The number of morpholine rings is 1. The number of carboxylic acids is 1. The van der Waals surface area contributed by atoms with Gasteiger partial charge in [-0.05, 0) is 12.1 Å². The quantitative estimate of drug-likeness (QED) is 0.668. The molecule has 1 heterocycles. The SMILES string of the molecule is C1COCCN1.N.O=C(O)c1ccccc1. The minimum atomic E-state index is -0.879. The molecule has 0 saturated carbocycles. The number of hydrogen-bond acceptors (Lipinski definition) is 4. The molecule has 1 saturated heterocycles. The second-order valence-electron chi connectivity index (χ2n) is 3.03. The molecule has 0 aromatic heterocycles. The van der Waals surface area contributed by atoms with E-state index in [1.807, 2.05) is 0 Å². The highest BCUT2D eigenvalue weighted by Gasteiger charge is 1.96. The Morgan fingerprint density at radius 3 is 2.00 bits per heavy atom. The Morgan fingerprint density at radius 1 is 1.19 bits per heavy atom. The van der Waals surface area contributed by atoms with Gasteiger partial charge in [-0.15, -0.1) is 0 Å². The van der Waals surface area contributed by atoms with Crippen LogP contribution < -0.4 is 11.5 Å². The maximum absolute atomic E-state index is 10.2. The van der Waals surface area contributed by atoms with Crippen LogP contribution in [0.25, 0.3) is 0 Å². The number of carbonyl (C=O) groups is 1. The molecule has 0 amide bonds. The van der Waals surface area contributed by atoms with E-state index >= 15 is 0 Å². The summed E-state index contributed by atoms with van der Waals surface area (Å²) in [5.41, 5.74) is 0.331. The fraction of sp³-hybridized carbons (Fsp3) is 0.364. The van der Waals surface area contributed by atoms with E-state index in [-0.39, 0.29) is 6.15 Å². The topological polar surface area (TPSA) is 93.6 Å². The molecule has 1 aliphatic rings. The van der Waals surface area contributed by atoms with Gasteiger partial charge in [0.2, 0.25) is 0 Å². The smallest absolute Gasteiger partial charge is 0.335 e. The molecule has 1 fully saturated rings. The first-order chi connectivity index (χ1) is 7.30. The Hall–Kier alpha value is -1.43. The van der Waals surface area contributed by atoms with Crippen molar-refractivity contribution < 1.29 is 14.6 Å². The lowest BCUT2D eigenvalue weighted by atomic mass is 10.2. The van der Waals surface area contributed by atoms with Crippen molar-refractivity contribution in [1.82, 2.24) is 11.5 Å². The monoisotopic (exact) mass is 226 g/mol. The third-order valence-electron chi connectivity index (χ3n) is 1.87. The maximum atomic E-state index is 10.2. The summed E-state index contributed by atoms with van der Waals surface area (Å²) >= 11 is 0. The van der Waals surface area contributed by atoms with Crippen LogP contribution in [0.3, 0.4) is 0 Å². The van der Waals surface area contributed by atoms with E-state index in [1.165, 1.54) is 0 Å². The summed E-state index contributed by atoms with van der Waals surface area (Å²) in [6.45, 7) is 3.83. The number of ether oxygens (including phenoxy) is 1. The van der Waals surface area contributed by atoms with Gasteiger partial charge in [0.15, 0.2) is 0 Å². The Kier molecular flexibility index (Phi) is 8.05. The lowest BCUT2D eigenvalue weighted by Crippen LogP contribution is -2.30. The zero-order valence-electron chi connectivity index (χ0n) is 9.19. The average molecular weight is 226 g/mol. The molecule has 1 aromatic rings. The van der Waals surface area contributed by atoms with E-state index in [0.717, 1.165) is 26.3 Å². The molecule has 5 N–H and O–H groups in total. The zero-order chi connectivity index (χ0) is 10.9. The zero-order valence-corrected chi connectivity index (χ0v) is 9.19. The van der Waals surface area contributed by atoms with Crippen LogP contribution in [0.1, 0.15) is 10.4 Å². The predicted octanol–water partition coefficient (Wildman–Crippen LogP) is 1.15. The normalized spacial score (nSPS) is 14.0. The van der Waals surface area contributed by atoms with Crippen LogP contribution in [0.15, 0.2) is 30.3 Å². The number of rotatable bonds is 1. The molecular formula is C11H18N2O3. The van der Waals surface area contributed by atoms with Crippen molar-refractivity contribution in [1.29, 1.82) is 0 Å². The summed E-state index contributed by atoms with van der Waals surface area (Å²) in [5.74, 6) is -0.879. The van der Waals surface area contributed by atoms with Crippen LogP contribution in [0, 0.1) is 0 Å². The third-order valence-corrected chi connectivity index (χ3v) is 1.87. The molecule has 1 aliphatic heterocycles. The van der Waals surface area contributed by atoms with Gasteiger partial charge in [-0.1, -0.05) is 18.2 Å². The first-order valence-corrected chi connectivity index (χ1v) is 4.87. The van der Waals surface area contributed by atoms with Gasteiger partial charge < -0.3 is 21.3 Å². The Labute approximate surface area is 95.0 Å². The Morgan fingerprint density at radius 2 is 1.75 bits per heavy atom. The van der Waals surface area contributed by atoms with Crippen LogP contribution in [0.5, 0.6) is 0 Å². The van der Waals surface area contributed by atoms with E-state index in [9.17, 15) is 4.79 Å². The molecule has 0 radical (unpaired) electrons. The van der Waals surface area contributed by atoms with Crippen molar-refractivity contribution in [2.75, 3.05) is 26.3 Å². The van der Waals surface area contributed by atoms with E-state index < -0.39 is 5.97 Å². The largest absolute Gasteiger partial charge is 0.478 e. The highest BCUT2D eigenvalue weighted by atomic mass is 16.5. The first kappa shape index (κ1) is 14.6. The van der Waals surface area contributed by atoms with Gasteiger partial charge in [0.25, 0.3) is 0 Å². The number of nitrogens with one attached hydrogen (secondary N) is 1. The van der Waals surface area contributed by atoms with Crippen molar-refractivity contribution >= 4 is 5.97 Å². The summed E-state index contributed by atoms with van der Waals surface area (Å²) in [5, 5.41) is 11.5. The highest BCUT2D eigenvalue weighted by Crippen LogP contribution is 1.96. The third kappa shape index (κ3) is 6.13. The standard InChI is InChI=1S/C7H6O2.C4H9NO.H3N/c8-7(9)6-4-2-1-3-5-6;1-3-6-4-2-5-1;/h1-5H,(H,8,9);5H,1-4H2;1H3. The molecule has 16 heavy (non-hydrogen) atoms. The summed E-state index contributed by atoms with van der Waals surface area (Å²) in [6.07, 6.45) is 0. The molecule has 0 aliphatic carbocycles. The molecule has 0 unspecified atom stereocenters. The van der Waals surface area contributed by atoms with Crippen molar-refractivity contribution in [2.24, 2.45) is 0 Å². The van der Waals surface area contributed by atoms with E-state index in [4.69, 9.17) is 9.84 Å². The van der Waals surface area contributed by atoms with E-state index in [1.54, 1.807) is 30.3 Å². The van der Waals surface area contributed by atoms with Crippen LogP contribution in [-0.4, -0.2) is 37.4 Å². The minimum Gasteiger partial charge on any atom is -0.478 e. The van der Waals surface area contributed by atoms with Gasteiger partial charge in [-0.3, -0.25) is 0 Å². The van der Waals surface area contributed by atoms with Crippen LogP contribution in [-0.2, 0) is 4.74 Å². The van der Waals surface area contributed by atoms with Crippen LogP contribution in [0.2, 0.25) is 0 Å². The number of benzene rings is 1. The summed E-state index contributed by atoms with van der Waals surface area (Å²) < 4.78 is 5.01. The number of hydrogen-bond donors (Lipinski definition) is 3. The fourth-order valence-electron chi connectivity index (χ4n) is 1.10. The second-order valence-corrected chi connectivity index (χ2v) is 3.03. The van der Waals surface area contributed by atoms with Crippen molar-refractivity contribution in [3.05, 3.63) is 35.9 Å². The average Bonchev–Trinajstić information content (AvgIpc) is 2.33. The molecule has 5 heteroatoms. The summed E-state index contributed by atoms with van der Waals surface area (Å²) in [6, 6.07) is 8.30. The summed E-state index contributed by atoms with van der Waals surface area (Å²) in [7, 11) is 0. The van der Waals surface area contributed by atoms with Crippen LogP contribution in [0.4, 0.5) is 0 Å². The summed E-state index contributed by atoms with van der Waals surface area (Å²) in [4.78, 5) is 10.2. The van der Waals surface area contributed by atoms with E-state index in [0.29, 0.717) is 5.56 Å². The lowest BCUT2D eigenvalue weighted by molar-refractivity contribution is 0.0697. The predicted molar refractivity (Wildman–Crippen MR) is 62.1 cm³/mol.